The number of carbonyl (C=O) groups is 2. The Morgan fingerprint density at radius 2 is 1.66 bits per heavy atom. The van der Waals surface area contributed by atoms with Gasteiger partial charge in [0.05, 0.1) is 0 Å². The van der Waals surface area contributed by atoms with Gasteiger partial charge in [-0.25, -0.2) is 0 Å². The molecule has 1 aliphatic rings. The van der Waals surface area contributed by atoms with Crippen molar-refractivity contribution in [1.29, 1.82) is 5.26 Å². The summed E-state index contributed by atoms with van der Waals surface area (Å²) in [5.41, 5.74) is 0.675. The second kappa shape index (κ2) is 10.1. The van der Waals surface area contributed by atoms with E-state index in [1.54, 1.807) is 29.2 Å². The molecule has 2 amide bonds. The van der Waals surface area contributed by atoms with Crippen LogP contribution in [-0.4, -0.2) is 43.0 Å². The summed E-state index contributed by atoms with van der Waals surface area (Å²) in [6.07, 6.45) is 1.23. The fourth-order valence-corrected chi connectivity index (χ4v) is 3.14. The van der Waals surface area contributed by atoms with Crippen LogP contribution in [0, 0.1) is 17.2 Å². The van der Waals surface area contributed by atoms with Crippen molar-refractivity contribution in [2.75, 3.05) is 31.6 Å². The number of nitrogens with zero attached hydrogens (tertiary/aromatic N) is 2. The highest BCUT2D eigenvalue weighted by Crippen LogP contribution is 2.21. The lowest BCUT2D eigenvalue weighted by atomic mass is 9.95. The van der Waals surface area contributed by atoms with Gasteiger partial charge in [-0.05, 0) is 49.2 Å². The summed E-state index contributed by atoms with van der Waals surface area (Å²) in [5.74, 6) is 0.987. The highest BCUT2D eigenvalue weighted by atomic mass is 16.5. The summed E-state index contributed by atoms with van der Waals surface area (Å²) in [6, 6.07) is 18.0. The number of hydrogen-bond donors (Lipinski definition) is 1. The molecule has 0 aromatic heterocycles. The maximum absolute atomic E-state index is 12.5. The van der Waals surface area contributed by atoms with E-state index in [-0.39, 0.29) is 30.9 Å². The molecule has 1 saturated heterocycles. The van der Waals surface area contributed by atoms with E-state index in [1.165, 1.54) is 0 Å². The lowest BCUT2D eigenvalue weighted by Crippen LogP contribution is -2.43. The van der Waals surface area contributed by atoms with Crippen LogP contribution < -0.4 is 14.8 Å². The van der Waals surface area contributed by atoms with E-state index in [2.05, 4.69) is 5.32 Å². The van der Waals surface area contributed by atoms with Gasteiger partial charge in [-0.2, -0.15) is 5.26 Å². The number of nitriles is 1. The molecule has 0 radical (unpaired) electrons. The number of likely N-dealkylation sites (tertiary alicyclic amines) is 1. The van der Waals surface area contributed by atoms with Crippen molar-refractivity contribution < 1.29 is 19.1 Å². The minimum atomic E-state index is -0.136. The largest absolute Gasteiger partial charge is 0.484 e. The lowest BCUT2D eigenvalue weighted by Gasteiger charge is -2.31. The van der Waals surface area contributed by atoms with Gasteiger partial charge >= 0.3 is 0 Å². The van der Waals surface area contributed by atoms with Crippen molar-refractivity contribution in [2.45, 2.75) is 12.8 Å². The van der Waals surface area contributed by atoms with Crippen molar-refractivity contribution >= 4 is 17.5 Å². The lowest BCUT2D eigenvalue weighted by molar-refractivity contribution is -0.136. The monoisotopic (exact) mass is 393 g/mol. The fraction of sp³-hybridized carbons (Fsp3) is 0.318. The van der Waals surface area contributed by atoms with Crippen LogP contribution in [0.2, 0.25) is 0 Å². The Morgan fingerprint density at radius 1 is 1.00 bits per heavy atom. The van der Waals surface area contributed by atoms with Crippen LogP contribution in [0.3, 0.4) is 0 Å². The number of anilines is 1. The normalized spacial score (nSPS) is 14.0. The highest BCUT2D eigenvalue weighted by Gasteiger charge is 2.27. The summed E-state index contributed by atoms with van der Waals surface area (Å²) in [6.45, 7) is 1.06. The molecule has 0 atom stereocenters. The minimum Gasteiger partial charge on any atom is -0.484 e. The molecule has 1 N–H and O–H groups in total. The van der Waals surface area contributed by atoms with Crippen LogP contribution in [0.1, 0.15) is 12.8 Å². The van der Waals surface area contributed by atoms with Gasteiger partial charge in [0.1, 0.15) is 17.6 Å². The molecule has 2 aromatic rings. The fourth-order valence-electron chi connectivity index (χ4n) is 3.14. The Hall–Kier alpha value is -3.53. The van der Waals surface area contributed by atoms with E-state index in [9.17, 15) is 9.59 Å². The molecule has 1 fully saturated rings. The van der Waals surface area contributed by atoms with Crippen molar-refractivity contribution in [3.8, 4) is 17.6 Å². The Labute approximate surface area is 169 Å². The minimum absolute atomic E-state index is 0.00109. The van der Waals surface area contributed by atoms with Crippen molar-refractivity contribution in [1.82, 2.24) is 4.90 Å². The number of hydrogen-bond acceptors (Lipinski definition) is 5. The smallest absolute Gasteiger partial charge is 0.260 e. The quantitative estimate of drug-likeness (QED) is 0.781. The third-order valence-electron chi connectivity index (χ3n) is 4.75. The van der Waals surface area contributed by atoms with E-state index in [4.69, 9.17) is 14.7 Å². The van der Waals surface area contributed by atoms with Crippen molar-refractivity contribution in [3.63, 3.8) is 0 Å². The van der Waals surface area contributed by atoms with Crippen LogP contribution in [0.4, 0.5) is 5.69 Å². The highest BCUT2D eigenvalue weighted by molar-refractivity contribution is 5.92. The second-order valence-corrected chi connectivity index (χ2v) is 6.72. The first-order valence-corrected chi connectivity index (χ1v) is 9.52. The van der Waals surface area contributed by atoms with Crippen molar-refractivity contribution in [3.05, 3.63) is 54.6 Å². The Morgan fingerprint density at radius 3 is 2.31 bits per heavy atom. The molecule has 1 aliphatic heterocycles. The van der Waals surface area contributed by atoms with Gasteiger partial charge in [0.15, 0.2) is 13.2 Å². The third-order valence-corrected chi connectivity index (χ3v) is 4.75. The topological polar surface area (TPSA) is 91.7 Å². The Balaban J connectivity index is 1.42. The van der Waals surface area contributed by atoms with Gasteiger partial charge in [-0.3, -0.25) is 9.59 Å². The summed E-state index contributed by atoms with van der Waals surface area (Å²) in [7, 11) is 0. The molecule has 2 aromatic carbocycles. The number of ether oxygens (including phenoxy) is 2. The molecular weight excluding hydrogens is 370 g/mol. The number of rotatable bonds is 7. The number of carbonyl (C=O) groups excluding carboxylic acids is 2. The van der Waals surface area contributed by atoms with Crippen molar-refractivity contribution in [2.24, 2.45) is 5.92 Å². The maximum atomic E-state index is 12.5. The van der Waals surface area contributed by atoms with E-state index < -0.39 is 0 Å². The van der Waals surface area contributed by atoms with E-state index in [0.717, 1.165) is 0 Å². The molecule has 29 heavy (non-hydrogen) atoms. The first kappa shape index (κ1) is 20.2. The zero-order chi connectivity index (χ0) is 20.5. The van der Waals surface area contributed by atoms with Crippen LogP contribution in [0.25, 0.3) is 0 Å². The average molecular weight is 393 g/mol. The number of nitrogens with one attached hydrogen (secondary N) is 1. The van der Waals surface area contributed by atoms with E-state index >= 15 is 0 Å². The summed E-state index contributed by atoms with van der Waals surface area (Å²) >= 11 is 0. The predicted octanol–water partition coefficient (Wildman–Crippen LogP) is 2.85. The molecule has 7 nitrogen and oxygen atoms in total. The van der Waals surface area contributed by atoms with Gasteiger partial charge in [0, 0.05) is 24.7 Å². The summed E-state index contributed by atoms with van der Waals surface area (Å²) < 4.78 is 10.7. The molecule has 0 bridgehead atoms. The standard InChI is InChI=1S/C22H23N3O4/c23-12-15-28-20-8-6-18(7-9-20)24-22(27)17-10-13-25(14-11-17)21(26)16-29-19-4-2-1-3-5-19/h1-9,17H,10-11,13-16H2,(H,24,27). The average Bonchev–Trinajstić information content (AvgIpc) is 2.78. The van der Waals surface area contributed by atoms with Gasteiger partial charge in [-0.15, -0.1) is 0 Å². The molecule has 1 heterocycles. The molecule has 150 valence electrons. The van der Waals surface area contributed by atoms with Gasteiger partial charge < -0.3 is 19.7 Å². The zero-order valence-electron chi connectivity index (χ0n) is 16.0. The zero-order valence-corrected chi connectivity index (χ0v) is 16.0. The number of benzene rings is 2. The Bertz CT molecular complexity index is 854. The summed E-state index contributed by atoms with van der Waals surface area (Å²) in [4.78, 5) is 26.6. The van der Waals surface area contributed by atoms with Gasteiger partial charge in [-0.1, -0.05) is 18.2 Å². The second-order valence-electron chi connectivity index (χ2n) is 6.72. The number of piperidine rings is 1. The van der Waals surface area contributed by atoms with Crippen LogP contribution in [0.15, 0.2) is 54.6 Å². The van der Waals surface area contributed by atoms with E-state index in [0.29, 0.717) is 43.1 Å². The first-order valence-electron chi connectivity index (χ1n) is 9.52. The van der Waals surface area contributed by atoms with Crippen LogP contribution >= 0.6 is 0 Å². The third kappa shape index (κ3) is 5.98. The molecule has 0 unspecified atom stereocenters. The van der Waals surface area contributed by atoms with Crippen LogP contribution in [-0.2, 0) is 9.59 Å². The molecule has 0 aliphatic carbocycles. The summed E-state index contributed by atoms with van der Waals surface area (Å²) in [5, 5.41) is 11.4. The molecule has 0 spiro atoms. The molecule has 3 rings (SSSR count). The molecular formula is C22H23N3O4. The number of para-hydroxylation sites is 1. The predicted molar refractivity (Wildman–Crippen MR) is 107 cm³/mol. The maximum Gasteiger partial charge on any atom is 0.260 e. The number of amides is 2. The molecule has 7 heteroatoms. The van der Waals surface area contributed by atoms with E-state index in [1.807, 2.05) is 36.4 Å². The van der Waals surface area contributed by atoms with Crippen LogP contribution in [0.5, 0.6) is 11.5 Å². The van der Waals surface area contributed by atoms with Gasteiger partial charge in [0.25, 0.3) is 5.91 Å². The molecule has 0 saturated carbocycles. The first-order chi connectivity index (χ1) is 14.2. The SMILES string of the molecule is N#CCOc1ccc(NC(=O)C2CCN(C(=O)COc3ccccc3)CC2)cc1. The van der Waals surface area contributed by atoms with Gasteiger partial charge in [0.2, 0.25) is 5.91 Å². The Kier molecular flexibility index (Phi) is 7.06.